The van der Waals surface area contributed by atoms with Gasteiger partial charge >= 0.3 is 5.97 Å². The van der Waals surface area contributed by atoms with E-state index in [1.165, 1.54) is 0 Å². The quantitative estimate of drug-likeness (QED) is 0.880. The first kappa shape index (κ1) is 17.0. The summed E-state index contributed by atoms with van der Waals surface area (Å²) in [6.45, 7) is 5.60. The van der Waals surface area contributed by atoms with Crippen LogP contribution in [0.5, 0.6) is 0 Å². The molecular weight excluding hydrogens is 306 g/mol. The molecule has 0 unspecified atom stereocenters. The number of nitrogens with zero attached hydrogens (tertiary/aromatic N) is 1. The van der Waals surface area contributed by atoms with Gasteiger partial charge in [-0.2, -0.15) is 0 Å². The number of hydrogen-bond donors (Lipinski definition) is 2. The fraction of sp³-hybridized carbons (Fsp3) is 0.526. The van der Waals surface area contributed by atoms with Gasteiger partial charge in [0.15, 0.2) is 0 Å². The minimum atomic E-state index is -1.08. The number of rotatable bonds is 5. The summed E-state index contributed by atoms with van der Waals surface area (Å²) in [7, 11) is 0. The number of aliphatic carboxylic acids is 1. The van der Waals surface area contributed by atoms with Gasteiger partial charge in [-0.25, -0.2) is 0 Å². The smallest absolute Gasteiger partial charge is 0.313 e. The first-order chi connectivity index (χ1) is 11.5. The monoisotopic (exact) mass is 331 g/mol. The zero-order valence-corrected chi connectivity index (χ0v) is 14.3. The van der Waals surface area contributed by atoms with E-state index >= 15 is 0 Å². The lowest BCUT2D eigenvalue weighted by Crippen LogP contribution is -2.55. The molecule has 5 heteroatoms. The van der Waals surface area contributed by atoms with Crippen molar-refractivity contribution in [2.24, 2.45) is 5.41 Å². The van der Waals surface area contributed by atoms with Crippen LogP contribution in [-0.4, -0.2) is 40.3 Å². The molecule has 0 saturated carbocycles. The topological polar surface area (TPSA) is 73.9 Å². The van der Waals surface area contributed by atoms with Gasteiger partial charge in [0.2, 0.25) is 0 Å². The summed E-state index contributed by atoms with van der Waals surface area (Å²) < 4.78 is 5.97. The second-order valence-electron chi connectivity index (χ2n) is 6.87. The zero-order chi connectivity index (χ0) is 17.3. The fourth-order valence-corrected chi connectivity index (χ4v) is 3.89. The van der Waals surface area contributed by atoms with Crippen LogP contribution < -0.4 is 0 Å². The molecule has 2 atom stereocenters. The second-order valence-corrected chi connectivity index (χ2v) is 6.87. The first-order valence-electron chi connectivity index (χ1n) is 8.58. The van der Waals surface area contributed by atoms with Crippen LogP contribution in [-0.2, 0) is 11.3 Å². The van der Waals surface area contributed by atoms with Crippen molar-refractivity contribution in [2.45, 2.75) is 45.8 Å². The Labute approximate surface area is 141 Å². The van der Waals surface area contributed by atoms with Gasteiger partial charge in [-0.3, -0.25) is 9.69 Å². The van der Waals surface area contributed by atoms with Crippen molar-refractivity contribution < 1.29 is 19.4 Å². The largest absolute Gasteiger partial charge is 0.481 e. The molecule has 1 aliphatic heterocycles. The first-order valence-corrected chi connectivity index (χ1v) is 8.58. The van der Waals surface area contributed by atoms with Crippen molar-refractivity contribution in [3.05, 3.63) is 35.6 Å². The van der Waals surface area contributed by atoms with Crippen molar-refractivity contribution in [2.75, 3.05) is 13.1 Å². The fourth-order valence-electron chi connectivity index (χ4n) is 3.89. The highest BCUT2D eigenvalue weighted by molar-refractivity contribution is 5.81. The second kappa shape index (κ2) is 6.57. The number of piperidine rings is 1. The molecule has 1 aromatic heterocycles. The number of aryl methyl sites for hydroxylation is 1. The van der Waals surface area contributed by atoms with E-state index in [2.05, 4.69) is 4.90 Å². The maximum Gasteiger partial charge on any atom is 0.313 e. The molecule has 0 radical (unpaired) electrons. The molecule has 1 aliphatic rings. The average molecular weight is 331 g/mol. The molecule has 5 nitrogen and oxygen atoms in total. The van der Waals surface area contributed by atoms with Gasteiger partial charge in [0, 0.05) is 18.5 Å². The van der Waals surface area contributed by atoms with Gasteiger partial charge in [0.05, 0.1) is 12.6 Å². The molecule has 2 heterocycles. The van der Waals surface area contributed by atoms with E-state index in [4.69, 9.17) is 4.42 Å². The van der Waals surface area contributed by atoms with E-state index in [-0.39, 0.29) is 0 Å². The van der Waals surface area contributed by atoms with E-state index in [1.54, 1.807) is 0 Å². The molecule has 1 saturated heterocycles. The molecule has 0 spiro atoms. The van der Waals surface area contributed by atoms with Crippen molar-refractivity contribution >= 4 is 16.9 Å². The van der Waals surface area contributed by atoms with Crippen molar-refractivity contribution in [1.29, 1.82) is 0 Å². The molecule has 1 aromatic carbocycles. The summed E-state index contributed by atoms with van der Waals surface area (Å²) in [4.78, 5) is 14.0. The standard InChI is InChI=1S/C19H25NO4/c1-3-9-19(18(22)23)12-20(10-8-17(19)21)11-16-13(2)14-6-4-5-7-15(14)24-16/h4-7,17,21H,3,8-12H2,1-2H3,(H,22,23)/t17-,19-/m1/s1. The predicted octanol–water partition coefficient (Wildman–Crippen LogP) is 3.18. The van der Waals surface area contributed by atoms with Crippen LogP contribution in [0.2, 0.25) is 0 Å². The zero-order valence-electron chi connectivity index (χ0n) is 14.3. The van der Waals surface area contributed by atoms with E-state index < -0.39 is 17.5 Å². The summed E-state index contributed by atoms with van der Waals surface area (Å²) in [6.07, 6.45) is 0.911. The highest BCUT2D eigenvalue weighted by Gasteiger charge is 2.48. The number of furan rings is 1. The number of likely N-dealkylation sites (tertiary alicyclic amines) is 1. The van der Waals surface area contributed by atoms with Crippen LogP contribution in [0.3, 0.4) is 0 Å². The van der Waals surface area contributed by atoms with Crippen molar-refractivity contribution in [3.8, 4) is 0 Å². The van der Waals surface area contributed by atoms with Crippen LogP contribution in [0, 0.1) is 12.3 Å². The van der Waals surface area contributed by atoms with Gasteiger partial charge in [0.25, 0.3) is 0 Å². The Morgan fingerprint density at radius 3 is 2.83 bits per heavy atom. The van der Waals surface area contributed by atoms with E-state index in [9.17, 15) is 15.0 Å². The highest BCUT2D eigenvalue weighted by Crippen LogP contribution is 2.37. The van der Waals surface area contributed by atoms with Crippen LogP contribution in [0.25, 0.3) is 11.0 Å². The number of para-hydroxylation sites is 1. The van der Waals surface area contributed by atoms with E-state index in [1.807, 2.05) is 38.1 Å². The number of aliphatic hydroxyl groups is 1. The highest BCUT2D eigenvalue weighted by atomic mass is 16.4. The number of hydrogen-bond acceptors (Lipinski definition) is 4. The van der Waals surface area contributed by atoms with E-state index in [0.717, 1.165) is 28.7 Å². The molecule has 0 aliphatic carbocycles. The Kier molecular flexibility index (Phi) is 4.65. The molecule has 3 rings (SSSR count). The maximum atomic E-state index is 11.9. The lowest BCUT2D eigenvalue weighted by molar-refractivity contribution is -0.164. The molecule has 2 aromatic rings. The summed E-state index contributed by atoms with van der Waals surface area (Å²) in [5.74, 6) is -0.0220. The van der Waals surface area contributed by atoms with Gasteiger partial charge in [-0.15, -0.1) is 0 Å². The normalized spacial score (nSPS) is 25.2. The molecule has 0 bridgehead atoms. The maximum absolute atomic E-state index is 11.9. The third kappa shape index (κ3) is 2.82. The molecular formula is C19H25NO4. The number of fused-ring (bicyclic) bond motifs is 1. The summed E-state index contributed by atoms with van der Waals surface area (Å²) >= 11 is 0. The minimum absolute atomic E-state index is 0.355. The lowest BCUT2D eigenvalue weighted by Gasteiger charge is -2.43. The van der Waals surface area contributed by atoms with Crippen LogP contribution in [0.1, 0.15) is 37.5 Å². The number of carbonyl (C=O) groups is 1. The summed E-state index contributed by atoms with van der Waals surface area (Å²) in [6, 6.07) is 7.92. The Hall–Kier alpha value is -1.85. The number of carboxylic acid groups (broad SMARTS) is 1. The molecule has 2 N–H and O–H groups in total. The predicted molar refractivity (Wildman–Crippen MR) is 91.8 cm³/mol. The van der Waals surface area contributed by atoms with Gasteiger partial charge < -0.3 is 14.6 Å². The molecule has 0 amide bonds. The van der Waals surface area contributed by atoms with Crippen molar-refractivity contribution in [1.82, 2.24) is 4.90 Å². The van der Waals surface area contributed by atoms with E-state index in [0.29, 0.717) is 32.5 Å². The Balaban J connectivity index is 1.84. The molecule has 24 heavy (non-hydrogen) atoms. The third-order valence-corrected chi connectivity index (χ3v) is 5.29. The SMILES string of the molecule is CCC[C@@]1(C(=O)O)CN(Cc2oc3ccccc3c2C)CC[C@H]1O. The van der Waals surface area contributed by atoms with Gasteiger partial charge in [0.1, 0.15) is 16.8 Å². The van der Waals surface area contributed by atoms with Gasteiger partial charge in [-0.05, 0) is 31.4 Å². The summed E-state index contributed by atoms with van der Waals surface area (Å²) in [5.41, 5.74) is 0.889. The molecule has 130 valence electrons. The van der Waals surface area contributed by atoms with Crippen LogP contribution in [0.4, 0.5) is 0 Å². The lowest BCUT2D eigenvalue weighted by atomic mass is 9.74. The number of benzene rings is 1. The Morgan fingerprint density at radius 1 is 1.42 bits per heavy atom. The van der Waals surface area contributed by atoms with Gasteiger partial charge in [-0.1, -0.05) is 31.5 Å². The van der Waals surface area contributed by atoms with Crippen LogP contribution >= 0.6 is 0 Å². The average Bonchev–Trinajstić information content (AvgIpc) is 2.87. The summed E-state index contributed by atoms with van der Waals surface area (Å²) in [5, 5.41) is 21.2. The molecule has 1 fully saturated rings. The van der Waals surface area contributed by atoms with Crippen LogP contribution in [0.15, 0.2) is 28.7 Å². The third-order valence-electron chi connectivity index (χ3n) is 5.29. The minimum Gasteiger partial charge on any atom is -0.481 e. The Bertz CT molecular complexity index is 738. The number of aliphatic hydroxyl groups excluding tert-OH is 1. The van der Waals surface area contributed by atoms with Crippen molar-refractivity contribution in [3.63, 3.8) is 0 Å². The Morgan fingerprint density at radius 2 is 2.17 bits per heavy atom. The number of carboxylic acids is 1.